The number of anilines is 1. The average Bonchev–Trinajstić information content (AvgIpc) is 2.85. The van der Waals surface area contributed by atoms with Gasteiger partial charge in [-0.2, -0.15) is 13.2 Å². The molecule has 0 saturated carbocycles. The minimum absolute atomic E-state index is 0.0154. The van der Waals surface area contributed by atoms with E-state index in [1.54, 1.807) is 7.05 Å². The Morgan fingerprint density at radius 2 is 2.05 bits per heavy atom. The fraction of sp³-hybridized carbons (Fsp3) is 0.462. The van der Waals surface area contributed by atoms with Crippen LogP contribution in [0.25, 0.3) is 0 Å². The highest BCUT2D eigenvalue weighted by Gasteiger charge is 2.34. The van der Waals surface area contributed by atoms with E-state index in [-0.39, 0.29) is 23.4 Å². The summed E-state index contributed by atoms with van der Waals surface area (Å²) in [5.41, 5.74) is -0.889. The third-order valence-corrected chi connectivity index (χ3v) is 3.50. The van der Waals surface area contributed by atoms with E-state index in [0.717, 1.165) is 12.1 Å². The number of ether oxygens (including phenoxy) is 1. The molecule has 1 aliphatic heterocycles. The number of carbonyl (C=O) groups excluding carboxylic acids is 1. The highest BCUT2D eigenvalue weighted by atomic mass is 35.5. The molecular formula is C13H14ClF3N2O2. The Bertz CT molecular complexity index is 537. The van der Waals surface area contributed by atoms with Gasteiger partial charge in [0.1, 0.15) is 0 Å². The van der Waals surface area contributed by atoms with E-state index in [1.165, 1.54) is 6.07 Å². The summed E-state index contributed by atoms with van der Waals surface area (Å²) in [7, 11) is 1.70. The maximum Gasteiger partial charge on any atom is 0.416 e. The predicted molar refractivity (Wildman–Crippen MR) is 72.2 cm³/mol. The van der Waals surface area contributed by atoms with Crippen molar-refractivity contribution >= 4 is 23.2 Å². The first kappa shape index (κ1) is 16.1. The van der Waals surface area contributed by atoms with Crippen LogP contribution in [0.2, 0.25) is 5.02 Å². The van der Waals surface area contributed by atoms with Crippen LogP contribution >= 0.6 is 11.6 Å². The first-order chi connectivity index (χ1) is 9.81. The second kappa shape index (κ2) is 6.21. The van der Waals surface area contributed by atoms with E-state index < -0.39 is 23.6 Å². The van der Waals surface area contributed by atoms with Crippen LogP contribution in [0, 0.1) is 5.92 Å². The number of alkyl halides is 3. The van der Waals surface area contributed by atoms with Gasteiger partial charge in [-0.25, -0.2) is 0 Å². The van der Waals surface area contributed by atoms with E-state index in [9.17, 15) is 18.0 Å². The molecule has 1 heterocycles. The van der Waals surface area contributed by atoms with Crippen LogP contribution in [0.4, 0.5) is 18.9 Å². The van der Waals surface area contributed by atoms with Crippen LogP contribution in [0.5, 0.6) is 0 Å². The Kier molecular flexibility index (Phi) is 4.75. The molecule has 0 bridgehead atoms. The lowest BCUT2D eigenvalue weighted by Crippen LogP contribution is -2.39. The van der Waals surface area contributed by atoms with Gasteiger partial charge in [-0.1, -0.05) is 11.6 Å². The first-order valence-electron chi connectivity index (χ1n) is 6.25. The number of benzene rings is 1. The maximum atomic E-state index is 12.7. The minimum Gasteiger partial charge on any atom is -0.379 e. The van der Waals surface area contributed by atoms with Crippen molar-refractivity contribution in [1.29, 1.82) is 0 Å². The first-order valence-corrected chi connectivity index (χ1v) is 6.62. The Labute approximate surface area is 124 Å². The molecule has 1 aliphatic rings. The lowest BCUT2D eigenvalue weighted by molar-refractivity contribution is -0.137. The zero-order valence-corrected chi connectivity index (χ0v) is 11.9. The van der Waals surface area contributed by atoms with Crippen molar-refractivity contribution in [1.82, 2.24) is 5.32 Å². The van der Waals surface area contributed by atoms with Crippen molar-refractivity contribution in [2.45, 2.75) is 12.2 Å². The molecule has 0 radical (unpaired) electrons. The zero-order chi connectivity index (χ0) is 15.6. The molecule has 1 aromatic rings. The summed E-state index contributed by atoms with van der Waals surface area (Å²) in [5.74, 6) is -0.856. The molecule has 0 aliphatic carbocycles. The van der Waals surface area contributed by atoms with Crippen LogP contribution in [0.1, 0.15) is 5.56 Å². The van der Waals surface area contributed by atoms with Gasteiger partial charge in [0.15, 0.2) is 0 Å². The van der Waals surface area contributed by atoms with E-state index >= 15 is 0 Å². The number of amides is 1. The number of hydrogen-bond donors (Lipinski definition) is 2. The van der Waals surface area contributed by atoms with Gasteiger partial charge in [0, 0.05) is 16.8 Å². The quantitative estimate of drug-likeness (QED) is 0.899. The highest BCUT2D eigenvalue weighted by Crippen LogP contribution is 2.33. The van der Waals surface area contributed by atoms with E-state index in [1.807, 2.05) is 0 Å². The molecule has 116 valence electrons. The molecule has 1 amide bonds. The number of hydrogen-bond acceptors (Lipinski definition) is 3. The monoisotopic (exact) mass is 322 g/mol. The van der Waals surface area contributed by atoms with Crippen LogP contribution in [0.15, 0.2) is 18.2 Å². The molecule has 2 N–H and O–H groups in total. The molecule has 0 aromatic heterocycles. The van der Waals surface area contributed by atoms with Crippen molar-refractivity contribution in [3.05, 3.63) is 28.8 Å². The molecule has 8 heteroatoms. The van der Waals surface area contributed by atoms with Gasteiger partial charge < -0.3 is 15.4 Å². The van der Waals surface area contributed by atoms with Crippen LogP contribution in [-0.4, -0.2) is 32.2 Å². The summed E-state index contributed by atoms with van der Waals surface area (Å²) in [6.45, 7) is 0.613. The smallest absolute Gasteiger partial charge is 0.379 e. The van der Waals surface area contributed by atoms with Gasteiger partial charge in [-0.15, -0.1) is 0 Å². The van der Waals surface area contributed by atoms with Gasteiger partial charge in [-0.3, -0.25) is 4.79 Å². The SMILES string of the molecule is CNC1COCC1C(=O)Nc1cc(Cl)cc(C(F)(F)F)c1. The molecule has 2 unspecified atom stereocenters. The van der Waals surface area contributed by atoms with Crippen molar-refractivity contribution in [3.8, 4) is 0 Å². The fourth-order valence-corrected chi connectivity index (χ4v) is 2.39. The van der Waals surface area contributed by atoms with Crippen molar-refractivity contribution in [2.75, 3.05) is 25.6 Å². The van der Waals surface area contributed by atoms with E-state index in [2.05, 4.69) is 10.6 Å². The van der Waals surface area contributed by atoms with Crippen LogP contribution < -0.4 is 10.6 Å². The fourth-order valence-electron chi connectivity index (χ4n) is 2.16. The van der Waals surface area contributed by atoms with E-state index in [0.29, 0.717) is 6.61 Å². The Hall–Kier alpha value is -1.31. The maximum absolute atomic E-state index is 12.7. The van der Waals surface area contributed by atoms with Gasteiger partial charge >= 0.3 is 6.18 Å². The highest BCUT2D eigenvalue weighted by molar-refractivity contribution is 6.31. The molecular weight excluding hydrogens is 309 g/mol. The van der Waals surface area contributed by atoms with Crippen molar-refractivity contribution in [3.63, 3.8) is 0 Å². The summed E-state index contributed by atoms with van der Waals surface area (Å²) >= 11 is 5.67. The lowest BCUT2D eigenvalue weighted by atomic mass is 10.0. The van der Waals surface area contributed by atoms with Crippen LogP contribution in [0.3, 0.4) is 0 Å². The number of likely N-dealkylation sites (N-methyl/N-ethyl adjacent to an activating group) is 1. The molecule has 4 nitrogen and oxygen atoms in total. The normalized spacial score (nSPS) is 22.3. The largest absolute Gasteiger partial charge is 0.416 e. The topological polar surface area (TPSA) is 50.4 Å². The predicted octanol–water partition coefficient (Wildman–Crippen LogP) is 2.53. The summed E-state index contributed by atoms with van der Waals surface area (Å²) in [5, 5.41) is 5.30. The molecule has 2 atom stereocenters. The summed E-state index contributed by atoms with van der Waals surface area (Å²) in [4.78, 5) is 12.1. The van der Waals surface area contributed by atoms with Gasteiger partial charge in [-0.05, 0) is 25.2 Å². The molecule has 1 saturated heterocycles. The third-order valence-electron chi connectivity index (χ3n) is 3.28. The number of halogens is 4. The zero-order valence-electron chi connectivity index (χ0n) is 11.1. The second-order valence-corrected chi connectivity index (χ2v) is 5.19. The molecule has 21 heavy (non-hydrogen) atoms. The molecule has 1 fully saturated rings. The Morgan fingerprint density at radius 3 is 2.67 bits per heavy atom. The Balaban J connectivity index is 2.16. The van der Waals surface area contributed by atoms with Gasteiger partial charge in [0.2, 0.25) is 5.91 Å². The van der Waals surface area contributed by atoms with Gasteiger partial charge in [0.05, 0.1) is 24.7 Å². The number of carbonyl (C=O) groups is 1. The van der Waals surface area contributed by atoms with Crippen molar-refractivity contribution < 1.29 is 22.7 Å². The molecule has 0 spiro atoms. The second-order valence-electron chi connectivity index (χ2n) is 4.75. The molecule has 1 aromatic carbocycles. The van der Waals surface area contributed by atoms with Gasteiger partial charge in [0.25, 0.3) is 0 Å². The van der Waals surface area contributed by atoms with Crippen molar-refractivity contribution in [2.24, 2.45) is 5.92 Å². The van der Waals surface area contributed by atoms with Crippen LogP contribution in [-0.2, 0) is 15.7 Å². The van der Waals surface area contributed by atoms with E-state index in [4.69, 9.17) is 16.3 Å². The Morgan fingerprint density at radius 1 is 1.33 bits per heavy atom. The summed E-state index contributed by atoms with van der Waals surface area (Å²) < 4.78 is 43.3. The number of nitrogens with one attached hydrogen (secondary N) is 2. The minimum atomic E-state index is -4.52. The standard InChI is InChI=1S/C13H14ClF3N2O2/c1-18-11-6-21-5-10(11)12(20)19-9-3-7(13(15,16)17)2-8(14)4-9/h2-4,10-11,18H,5-6H2,1H3,(H,19,20). The number of rotatable bonds is 3. The summed E-state index contributed by atoms with van der Waals surface area (Å²) in [6.07, 6.45) is -4.52. The average molecular weight is 323 g/mol. The molecule has 2 rings (SSSR count). The summed E-state index contributed by atoms with van der Waals surface area (Å²) in [6, 6.07) is 2.78. The third kappa shape index (κ3) is 3.87. The lowest BCUT2D eigenvalue weighted by Gasteiger charge is -2.17.